The first-order valence-electron chi connectivity index (χ1n) is 10.1. The Kier molecular flexibility index (Phi) is 6.68. The number of anilines is 1. The summed E-state index contributed by atoms with van der Waals surface area (Å²) in [5.74, 6) is 1.48. The summed E-state index contributed by atoms with van der Waals surface area (Å²) in [6.45, 7) is 6.11. The summed E-state index contributed by atoms with van der Waals surface area (Å²) in [7, 11) is 0. The van der Waals surface area contributed by atoms with Crippen LogP contribution in [0.15, 0.2) is 6.20 Å². The first-order chi connectivity index (χ1) is 12.3. The lowest BCUT2D eigenvalue weighted by Gasteiger charge is -2.13. The Labute approximate surface area is 151 Å². The largest absolute Gasteiger partial charge is 0.382 e. The van der Waals surface area contributed by atoms with Crippen LogP contribution in [0.2, 0.25) is 0 Å². The molecule has 1 fully saturated rings. The third kappa shape index (κ3) is 4.94. The van der Waals surface area contributed by atoms with Crippen LogP contribution >= 0.6 is 0 Å². The number of hydrogen-bond donors (Lipinski definition) is 2. The summed E-state index contributed by atoms with van der Waals surface area (Å²) < 4.78 is 0. The fourth-order valence-corrected chi connectivity index (χ4v) is 3.78. The molecule has 25 heavy (non-hydrogen) atoms. The zero-order chi connectivity index (χ0) is 17.5. The number of fused-ring (bicyclic) bond motifs is 1. The zero-order valence-corrected chi connectivity index (χ0v) is 15.7. The third-order valence-corrected chi connectivity index (χ3v) is 5.30. The smallest absolute Gasteiger partial charge is 0.151 e. The third-order valence-electron chi connectivity index (χ3n) is 5.30. The van der Waals surface area contributed by atoms with Crippen LogP contribution in [0.5, 0.6) is 0 Å². The van der Waals surface area contributed by atoms with E-state index in [9.17, 15) is 0 Å². The number of aromatic amines is 1. The van der Waals surface area contributed by atoms with E-state index in [-0.39, 0.29) is 0 Å². The number of nitrogen functional groups attached to an aromatic ring is 1. The number of hydrogen-bond acceptors (Lipinski definition) is 4. The molecule has 5 heteroatoms. The van der Waals surface area contributed by atoms with Gasteiger partial charge in [0.15, 0.2) is 5.82 Å². The molecule has 0 aromatic carbocycles. The molecule has 0 radical (unpaired) electrons. The molecule has 5 nitrogen and oxygen atoms in total. The van der Waals surface area contributed by atoms with Gasteiger partial charge < -0.3 is 15.6 Å². The van der Waals surface area contributed by atoms with E-state index >= 15 is 0 Å². The lowest BCUT2D eigenvalue weighted by molar-refractivity contribution is 0.328. The van der Waals surface area contributed by atoms with Gasteiger partial charge in [0.25, 0.3) is 0 Å². The van der Waals surface area contributed by atoms with Gasteiger partial charge >= 0.3 is 0 Å². The second kappa shape index (κ2) is 9.18. The number of likely N-dealkylation sites (tertiary alicyclic amines) is 1. The van der Waals surface area contributed by atoms with Gasteiger partial charge in [0.2, 0.25) is 0 Å². The summed E-state index contributed by atoms with van der Waals surface area (Å²) in [4.78, 5) is 15.1. The summed E-state index contributed by atoms with van der Waals surface area (Å²) >= 11 is 0. The molecule has 3 N–H and O–H groups in total. The Balaban J connectivity index is 1.48. The minimum atomic E-state index is 0.591. The van der Waals surface area contributed by atoms with Gasteiger partial charge in [0, 0.05) is 12.6 Å². The minimum absolute atomic E-state index is 0.591. The molecule has 0 unspecified atom stereocenters. The molecule has 2 aromatic rings. The van der Waals surface area contributed by atoms with Crippen LogP contribution in [0.3, 0.4) is 0 Å². The highest BCUT2D eigenvalue weighted by molar-refractivity contribution is 5.87. The Morgan fingerprint density at radius 2 is 1.84 bits per heavy atom. The van der Waals surface area contributed by atoms with Crippen LogP contribution < -0.4 is 5.73 Å². The molecular weight excluding hydrogens is 310 g/mol. The van der Waals surface area contributed by atoms with E-state index in [0.29, 0.717) is 5.82 Å². The maximum atomic E-state index is 6.11. The molecule has 1 aliphatic rings. The molecule has 0 atom stereocenters. The Bertz CT molecular complexity index is 657. The minimum Gasteiger partial charge on any atom is -0.382 e. The number of aryl methyl sites for hydroxylation is 2. The molecule has 2 aromatic heterocycles. The molecule has 1 aliphatic heterocycles. The quantitative estimate of drug-likeness (QED) is 0.638. The summed E-state index contributed by atoms with van der Waals surface area (Å²) in [5, 5.41) is 0. The summed E-state index contributed by atoms with van der Waals surface area (Å²) in [5.41, 5.74) is 9.35. The van der Waals surface area contributed by atoms with E-state index in [2.05, 4.69) is 28.0 Å². The van der Waals surface area contributed by atoms with E-state index in [0.717, 1.165) is 42.5 Å². The molecular formula is C20H33N5. The van der Waals surface area contributed by atoms with E-state index < -0.39 is 0 Å². The van der Waals surface area contributed by atoms with Gasteiger partial charge in [-0.2, -0.15) is 0 Å². The van der Waals surface area contributed by atoms with Crippen molar-refractivity contribution < 1.29 is 0 Å². The number of unbranched alkanes of at least 4 members (excludes halogenated alkanes) is 4. The molecule has 0 amide bonds. The van der Waals surface area contributed by atoms with Gasteiger partial charge in [-0.3, -0.25) is 0 Å². The van der Waals surface area contributed by atoms with Gasteiger partial charge in [-0.25, -0.2) is 9.97 Å². The lowest BCUT2D eigenvalue weighted by atomic mass is 10.1. The normalized spacial score (nSPS) is 15.4. The zero-order valence-electron chi connectivity index (χ0n) is 15.7. The standard InChI is InChI=1S/C20H33N5/c1-2-3-11-17-23-18-16(15-22-19(18)20(21)24-17)10-6-4-5-7-12-25-13-8-9-14-25/h15,22H,2-14H2,1H3,(H2,21,23,24). The molecule has 3 heterocycles. The van der Waals surface area contributed by atoms with Crippen LogP contribution in [-0.4, -0.2) is 39.5 Å². The highest BCUT2D eigenvalue weighted by Crippen LogP contribution is 2.23. The van der Waals surface area contributed by atoms with Crippen molar-refractivity contribution in [3.8, 4) is 0 Å². The maximum Gasteiger partial charge on any atom is 0.151 e. The van der Waals surface area contributed by atoms with E-state index in [4.69, 9.17) is 10.7 Å². The topological polar surface area (TPSA) is 70.8 Å². The monoisotopic (exact) mass is 343 g/mol. The van der Waals surface area contributed by atoms with Crippen molar-refractivity contribution in [1.29, 1.82) is 0 Å². The fraction of sp³-hybridized carbons (Fsp3) is 0.700. The van der Waals surface area contributed by atoms with Gasteiger partial charge in [-0.05, 0) is 63.7 Å². The molecule has 0 aliphatic carbocycles. The number of nitrogens with two attached hydrogens (primary N) is 1. The Hall–Kier alpha value is -1.62. The van der Waals surface area contributed by atoms with Crippen LogP contribution in [0, 0.1) is 0 Å². The lowest BCUT2D eigenvalue weighted by Crippen LogP contribution is -2.20. The molecule has 0 bridgehead atoms. The van der Waals surface area contributed by atoms with Crippen LogP contribution in [-0.2, 0) is 12.8 Å². The highest BCUT2D eigenvalue weighted by atomic mass is 15.1. The van der Waals surface area contributed by atoms with Gasteiger partial charge in [-0.1, -0.05) is 26.2 Å². The molecule has 1 saturated heterocycles. The number of rotatable bonds is 10. The Morgan fingerprint density at radius 1 is 1.04 bits per heavy atom. The second-order valence-electron chi connectivity index (χ2n) is 7.38. The van der Waals surface area contributed by atoms with Crippen LogP contribution in [0.1, 0.15) is 69.7 Å². The molecule has 0 spiro atoms. The highest BCUT2D eigenvalue weighted by Gasteiger charge is 2.12. The van der Waals surface area contributed by atoms with E-state index in [1.807, 2.05) is 0 Å². The van der Waals surface area contributed by atoms with Gasteiger partial charge in [-0.15, -0.1) is 0 Å². The summed E-state index contributed by atoms with van der Waals surface area (Å²) in [6.07, 6.45) is 14.3. The van der Waals surface area contributed by atoms with Gasteiger partial charge in [0.05, 0.1) is 5.52 Å². The van der Waals surface area contributed by atoms with Crippen molar-refractivity contribution in [1.82, 2.24) is 19.9 Å². The first kappa shape index (κ1) is 18.2. The first-order valence-corrected chi connectivity index (χ1v) is 10.1. The van der Waals surface area contributed by atoms with Crippen molar-refractivity contribution in [2.24, 2.45) is 0 Å². The number of nitrogens with zero attached hydrogens (tertiary/aromatic N) is 3. The average molecular weight is 344 g/mol. The van der Waals surface area contributed by atoms with Crippen molar-refractivity contribution in [2.45, 2.75) is 71.1 Å². The van der Waals surface area contributed by atoms with Crippen LogP contribution in [0.25, 0.3) is 11.0 Å². The van der Waals surface area contributed by atoms with Gasteiger partial charge in [0.1, 0.15) is 11.3 Å². The predicted molar refractivity (Wildman–Crippen MR) is 105 cm³/mol. The molecule has 0 saturated carbocycles. The van der Waals surface area contributed by atoms with Crippen molar-refractivity contribution >= 4 is 16.9 Å². The van der Waals surface area contributed by atoms with Crippen LogP contribution in [0.4, 0.5) is 5.82 Å². The summed E-state index contributed by atoms with van der Waals surface area (Å²) in [6, 6.07) is 0. The van der Waals surface area contributed by atoms with Crippen molar-refractivity contribution in [3.05, 3.63) is 17.6 Å². The van der Waals surface area contributed by atoms with Crippen molar-refractivity contribution in [3.63, 3.8) is 0 Å². The average Bonchev–Trinajstić information content (AvgIpc) is 3.26. The Morgan fingerprint density at radius 3 is 2.64 bits per heavy atom. The van der Waals surface area contributed by atoms with E-state index in [1.54, 1.807) is 0 Å². The SMILES string of the molecule is CCCCc1nc(N)c2[nH]cc(CCCCCCN3CCCC3)c2n1. The van der Waals surface area contributed by atoms with Crippen molar-refractivity contribution in [2.75, 3.05) is 25.4 Å². The predicted octanol–water partition coefficient (Wildman–Crippen LogP) is 4.08. The number of nitrogens with one attached hydrogen (secondary N) is 1. The van der Waals surface area contributed by atoms with E-state index in [1.165, 1.54) is 63.7 Å². The molecule has 138 valence electrons. The number of H-pyrrole nitrogens is 1. The second-order valence-corrected chi connectivity index (χ2v) is 7.38. The number of aromatic nitrogens is 3. The maximum absolute atomic E-state index is 6.11. The molecule has 3 rings (SSSR count). The fourth-order valence-electron chi connectivity index (χ4n) is 3.78.